The van der Waals surface area contributed by atoms with Gasteiger partial charge in [-0.2, -0.15) is 0 Å². The van der Waals surface area contributed by atoms with Gasteiger partial charge in [0.1, 0.15) is 18.6 Å². The van der Waals surface area contributed by atoms with E-state index in [1.54, 1.807) is 12.1 Å². The quantitative estimate of drug-likeness (QED) is 0.538. The van der Waals surface area contributed by atoms with Gasteiger partial charge < -0.3 is 18.9 Å². The molecule has 2 aromatic carbocycles. The molecule has 0 aromatic heterocycles. The van der Waals surface area contributed by atoms with Gasteiger partial charge in [-0.05, 0) is 65.5 Å². The minimum absolute atomic E-state index is 0.176. The van der Waals surface area contributed by atoms with Gasteiger partial charge in [-0.15, -0.1) is 0 Å². The molecule has 1 saturated heterocycles. The molecule has 0 aliphatic carbocycles. The average Bonchev–Trinajstić information content (AvgIpc) is 2.68. The van der Waals surface area contributed by atoms with Crippen LogP contribution in [0.1, 0.15) is 42.1 Å². The molecule has 1 unspecified atom stereocenters. The summed E-state index contributed by atoms with van der Waals surface area (Å²) in [7, 11) is 0. The smallest absolute Gasteiger partial charge is 0.199 e. The summed E-state index contributed by atoms with van der Waals surface area (Å²) in [6, 6.07) is 11.2. The topological polar surface area (TPSA) is 54.0 Å². The van der Waals surface area contributed by atoms with E-state index in [0.717, 1.165) is 43.5 Å². The number of ether oxygens (including phenoxy) is 4. The molecule has 0 saturated carbocycles. The Kier molecular flexibility index (Phi) is 7.12. The van der Waals surface area contributed by atoms with Crippen molar-refractivity contribution in [2.45, 2.75) is 39.1 Å². The van der Waals surface area contributed by atoms with Gasteiger partial charge >= 0.3 is 0 Å². The van der Waals surface area contributed by atoms with Gasteiger partial charge in [0.15, 0.2) is 17.8 Å². The summed E-state index contributed by atoms with van der Waals surface area (Å²) in [5.41, 5.74) is 1.50. The van der Waals surface area contributed by atoms with Gasteiger partial charge in [-0.3, -0.25) is 4.79 Å². The molecule has 1 fully saturated rings. The van der Waals surface area contributed by atoms with E-state index in [9.17, 15) is 4.79 Å². The zero-order chi connectivity index (χ0) is 19.1. The maximum atomic E-state index is 11.1. The highest BCUT2D eigenvalue weighted by Gasteiger charge is 2.16. The lowest BCUT2D eigenvalue weighted by molar-refractivity contribution is -0.105. The van der Waals surface area contributed by atoms with Gasteiger partial charge in [-0.1, -0.05) is 12.1 Å². The predicted molar refractivity (Wildman–Crippen MR) is 106 cm³/mol. The van der Waals surface area contributed by atoms with Crippen LogP contribution in [0.5, 0.6) is 17.2 Å². The highest BCUT2D eigenvalue weighted by Crippen LogP contribution is 2.37. The van der Waals surface area contributed by atoms with Crippen LogP contribution in [0.4, 0.5) is 0 Å². The van der Waals surface area contributed by atoms with E-state index in [4.69, 9.17) is 18.9 Å². The summed E-state index contributed by atoms with van der Waals surface area (Å²) in [6.07, 6.45) is 3.73. The van der Waals surface area contributed by atoms with Gasteiger partial charge in [0.25, 0.3) is 0 Å². The van der Waals surface area contributed by atoms with Crippen molar-refractivity contribution in [3.05, 3.63) is 52.0 Å². The van der Waals surface area contributed by atoms with Crippen molar-refractivity contribution < 1.29 is 23.7 Å². The van der Waals surface area contributed by atoms with Crippen LogP contribution in [0.25, 0.3) is 0 Å². The fraction of sp³-hybridized carbons (Fsp3) is 0.381. The first-order chi connectivity index (χ1) is 13.2. The molecule has 6 heteroatoms. The van der Waals surface area contributed by atoms with Crippen LogP contribution >= 0.6 is 15.9 Å². The fourth-order valence-electron chi connectivity index (χ4n) is 2.88. The number of benzene rings is 2. The third-order valence-electron chi connectivity index (χ3n) is 4.15. The molecule has 2 aromatic rings. The highest BCUT2D eigenvalue weighted by molar-refractivity contribution is 9.10. The van der Waals surface area contributed by atoms with Crippen molar-refractivity contribution in [2.75, 3.05) is 13.2 Å². The van der Waals surface area contributed by atoms with E-state index >= 15 is 0 Å². The summed E-state index contributed by atoms with van der Waals surface area (Å²) in [5, 5.41) is 0. The summed E-state index contributed by atoms with van der Waals surface area (Å²) in [6.45, 7) is 3.47. The molecule has 0 N–H and O–H groups in total. The fourth-order valence-corrected chi connectivity index (χ4v) is 3.45. The normalized spacial score (nSPS) is 16.6. The van der Waals surface area contributed by atoms with E-state index in [-0.39, 0.29) is 6.29 Å². The predicted octanol–water partition coefficient (Wildman–Crippen LogP) is 5.14. The van der Waals surface area contributed by atoms with Crippen molar-refractivity contribution in [3.63, 3.8) is 0 Å². The van der Waals surface area contributed by atoms with E-state index in [1.807, 2.05) is 31.2 Å². The Bertz CT molecular complexity index is 771. The van der Waals surface area contributed by atoms with Gasteiger partial charge in [-0.25, -0.2) is 0 Å². The van der Waals surface area contributed by atoms with Crippen LogP contribution in [0.3, 0.4) is 0 Å². The minimum Gasteiger partial charge on any atom is -0.490 e. The van der Waals surface area contributed by atoms with Gasteiger partial charge in [0, 0.05) is 12.0 Å². The standard InChI is InChI=1S/C21H23BrO5/c1-2-24-19-12-16(13-23)11-18(22)21(19)26-14-15-6-5-7-17(10-15)27-20-8-3-4-9-25-20/h5-7,10-13,20H,2-4,8-9,14H2,1H3. The SMILES string of the molecule is CCOc1cc(C=O)cc(Br)c1OCc1cccc(OC2CCCCO2)c1. The molecule has 1 aliphatic rings. The summed E-state index contributed by atoms with van der Waals surface area (Å²) in [4.78, 5) is 11.1. The molecule has 3 rings (SSSR count). The Balaban J connectivity index is 1.69. The Morgan fingerprint density at radius 3 is 2.85 bits per heavy atom. The third kappa shape index (κ3) is 5.47. The monoisotopic (exact) mass is 434 g/mol. The first-order valence-corrected chi connectivity index (χ1v) is 9.90. The lowest BCUT2D eigenvalue weighted by Gasteiger charge is -2.23. The summed E-state index contributed by atoms with van der Waals surface area (Å²) in [5.74, 6) is 1.88. The average molecular weight is 435 g/mol. The van der Waals surface area contributed by atoms with Crippen molar-refractivity contribution in [1.82, 2.24) is 0 Å². The number of carbonyl (C=O) groups excluding carboxylic acids is 1. The van der Waals surface area contributed by atoms with Crippen molar-refractivity contribution in [3.8, 4) is 17.2 Å². The summed E-state index contributed by atoms with van der Waals surface area (Å²) < 4.78 is 23.8. The second kappa shape index (κ2) is 9.76. The van der Waals surface area contributed by atoms with Gasteiger partial charge in [0.2, 0.25) is 0 Å². The van der Waals surface area contributed by atoms with Crippen LogP contribution in [0, 0.1) is 0 Å². The zero-order valence-corrected chi connectivity index (χ0v) is 16.9. The molecular weight excluding hydrogens is 412 g/mol. The maximum absolute atomic E-state index is 11.1. The third-order valence-corrected chi connectivity index (χ3v) is 4.74. The zero-order valence-electron chi connectivity index (χ0n) is 15.3. The largest absolute Gasteiger partial charge is 0.490 e. The number of hydrogen-bond acceptors (Lipinski definition) is 5. The molecule has 1 atom stereocenters. The van der Waals surface area contributed by atoms with Crippen LogP contribution in [-0.2, 0) is 11.3 Å². The molecule has 27 heavy (non-hydrogen) atoms. The van der Waals surface area contributed by atoms with Gasteiger partial charge in [0.05, 0.1) is 17.7 Å². The Morgan fingerprint density at radius 1 is 1.22 bits per heavy atom. The molecule has 5 nitrogen and oxygen atoms in total. The molecule has 1 heterocycles. The molecule has 144 valence electrons. The minimum atomic E-state index is -0.176. The number of hydrogen-bond donors (Lipinski definition) is 0. The van der Waals surface area contributed by atoms with Crippen molar-refractivity contribution in [2.24, 2.45) is 0 Å². The number of carbonyl (C=O) groups is 1. The lowest BCUT2D eigenvalue weighted by Crippen LogP contribution is -2.25. The second-order valence-corrected chi connectivity index (χ2v) is 7.09. The number of aldehydes is 1. The van der Waals surface area contributed by atoms with E-state index < -0.39 is 0 Å². The van der Waals surface area contributed by atoms with Crippen molar-refractivity contribution >= 4 is 22.2 Å². The van der Waals surface area contributed by atoms with E-state index in [0.29, 0.717) is 34.7 Å². The van der Waals surface area contributed by atoms with Crippen LogP contribution in [-0.4, -0.2) is 25.8 Å². The van der Waals surface area contributed by atoms with Crippen LogP contribution in [0.2, 0.25) is 0 Å². The molecule has 1 aliphatic heterocycles. The summed E-state index contributed by atoms with van der Waals surface area (Å²) >= 11 is 3.46. The van der Waals surface area contributed by atoms with Crippen LogP contribution in [0.15, 0.2) is 40.9 Å². The molecule has 0 radical (unpaired) electrons. The maximum Gasteiger partial charge on any atom is 0.199 e. The Labute approximate surface area is 167 Å². The van der Waals surface area contributed by atoms with Crippen molar-refractivity contribution in [1.29, 1.82) is 0 Å². The Morgan fingerprint density at radius 2 is 2.11 bits per heavy atom. The lowest BCUT2D eigenvalue weighted by atomic mass is 10.2. The first-order valence-electron chi connectivity index (χ1n) is 9.11. The highest BCUT2D eigenvalue weighted by atomic mass is 79.9. The number of halogens is 1. The van der Waals surface area contributed by atoms with Crippen LogP contribution < -0.4 is 14.2 Å². The van der Waals surface area contributed by atoms with E-state index in [2.05, 4.69) is 15.9 Å². The molecular formula is C21H23BrO5. The second-order valence-electron chi connectivity index (χ2n) is 6.23. The molecule has 0 bridgehead atoms. The first kappa shape index (κ1) is 19.7. The number of rotatable bonds is 8. The molecule has 0 spiro atoms. The van der Waals surface area contributed by atoms with E-state index in [1.165, 1.54) is 0 Å². The molecule has 0 amide bonds. The Hall–Kier alpha value is -2.05.